The van der Waals surface area contributed by atoms with Gasteiger partial charge >= 0.3 is 12.1 Å². The van der Waals surface area contributed by atoms with Crippen molar-refractivity contribution >= 4 is 29.6 Å². The lowest BCUT2D eigenvalue weighted by Gasteiger charge is -2.33. The third kappa shape index (κ3) is 3.09. The van der Waals surface area contributed by atoms with E-state index in [1.807, 2.05) is 0 Å². The number of nitrogens with zero attached hydrogens (tertiary/aromatic N) is 3. The quantitative estimate of drug-likeness (QED) is 0.791. The summed E-state index contributed by atoms with van der Waals surface area (Å²) in [6, 6.07) is 4.48. The van der Waals surface area contributed by atoms with Crippen LogP contribution in [0.5, 0.6) is 0 Å². The Bertz CT molecular complexity index is 827. The summed E-state index contributed by atoms with van der Waals surface area (Å²) in [5, 5.41) is 2.76. The second-order valence-electron chi connectivity index (χ2n) is 6.85. The van der Waals surface area contributed by atoms with E-state index in [-0.39, 0.29) is 23.9 Å². The fourth-order valence-corrected chi connectivity index (χ4v) is 3.43. The number of piperazine rings is 1. The first kappa shape index (κ1) is 17.3. The minimum atomic E-state index is -0.405. The highest BCUT2D eigenvalue weighted by Gasteiger charge is 2.44. The van der Waals surface area contributed by atoms with Gasteiger partial charge in [-0.25, -0.2) is 9.59 Å². The SMILES string of the molecule is COC(=O)N1CCN(C(=O)Nc2ccc3c(c2)C(=O)N(C2CC2)C3=O)CC1. The van der Waals surface area contributed by atoms with E-state index in [0.717, 1.165) is 12.8 Å². The molecule has 1 aliphatic carbocycles. The summed E-state index contributed by atoms with van der Waals surface area (Å²) in [5.41, 5.74) is 1.18. The lowest BCUT2D eigenvalue weighted by molar-refractivity contribution is 0.0642. The number of carbonyl (C=O) groups excluding carboxylic acids is 4. The molecule has 9 nitrogen and oxygen atoms in total. The minimum absolute atomic E-state index is 0.0153. The van der Waals surface area contributed by atoms with Crippen molar-refractivity contribution in [2.24, 2.45) is 0 Å². The van der Waals surface area contributed by atoms with E-state index in [9.17, 15) is 19.2 Å². The van der Waals surface area contributed by atoms with Gasteiger partial charge in [0.15, 0.2) is 0 Å². The third-order valence-corrected chi connectivity index (χ3v) is 5.08. The molecule has 3 aliphatic rings. The van der Waals surface area contributed by atoms with Crippen LogP contribution in [0.4, 0.5) is 15.3 Å². The Labute approximate surface area is 155 Å². The maximum Gasteiger partial charge on any atom is 0.409 e. The van der Waals surface area contributed by atoms with E-state index in [1.165, 1.54) is 16.9 Å². The molecule has 2 aliphatic heterocycles. The Morgan fingerprint density at radius 2 is 1.63 bits per heavy atom. The molecule has 9 heteroatoms. The van der Waals surface area contributed by atoms with E-state index in [1.54, 1.807) is 23.1 Å². The van der Waals surface area contributed by atoms with Gasteiger partial charge in [-0.3, -0.25) is 14.5 Å². The van der Waals surface area contributed by atoms with Crippen LogP contribution >= 0.6 is 0 Å². The Kier molecular flexibility index (Phi) is 4.21. The van der Waals surface area contributed by atoms with Gasteiger partial charge in [-0.15, -0.1) is 0 Å². The number of anilines is 1. The van der Waals surface area contributed by atoms with E-state index in [2.05, 4.69) is 10.1 Å². The number of fused-ring (bicyclic) bond motifs is 1. The summed E-state index contributed by atoms with van der Waals surface area (Å²) in [5.74, 6) is -0.547. The van der Waals surface area contributed by atoms with Gasteiger partial charge in [-0.1, -0.05) is 0 Å². The van der Waals surface area contributed by atoms with Crippen LogP contribution < -0.4 is 5.32 Å². The molecule has 1 saturated heterocycles. The zero-order valence-corrected chi connectivity index (χ0v) is 14.9. The van der Waals surface area contributed by atoms with Crippen molar-refractivity contribution in [1.29, 1.82) is 0 Å². The second-order valence-corrected chi connectivity index (χ2v) is 6.85. The topological polar surface area (TPSA) is 99.3 Å². The number of hydrogen-bond acceptors (Lipinski definition) is 5. The number of amides is 5. The summed E-state index contributed by atoms with van der Waals surface area (Å²) in [7, 11) is 1.33. The number of methoxy groups -OCH3 is 1. The van der Waals surface area contributed by atoms with Crippen LogP contribution in [0.3, 0.4) is 0 Å². The van der Waals surface area contributed by atoms with Crippen LogP contribution in [-0.2, 0) is 4.74 Å². The lowest BCUT2D eigenvalue weighted by Crippen LogP contribution is -2.51. The molecule has 1 aromatic rings. The zero-order chi connectivity index (χ0) is 19.1. The third-order valence-electron chi connectivity index (χ3n) is 5.08. The summed E-state index contributed by atoms with van der Waals surface area (Å²) in [6.07, 6.45) is 1.30. The average molecular weight is 372 g/mol. The normalized spacial score (nSPS) is 19.2. The van der Waals surface area contributed by atoms with Crippen LogP contribution in [0.15, 0.2) is 18.2 Å². The van der Waals surface area contributed by atoms with E-state index >= 15 is 0 Å². The first-order valence-electron chi connectivity index (χ1n) is 8.90. The number of nitrogens with one attached hydrogen (secondary N) is 1. The van der Waals surface area contributed by atoms with Gasteiger partial charge < -0.3 is 19.9 Å². The molecular weight excluding hydrogens is 352 g/mol. The van der Waals surface area contributed by atoms with Gasteiger partial charge in [0.05, 0.1) is 18.2 Å². The molecule has 4 rings (SSSR count). The monoisotopic (exact) mass is 372 g/mol. The molecule has 0 aromatic heterocycles. The average Bonchev–Trinajstić information content (AvgIpc) is 3.48. The highest BCUT2D eigenvalue weighted by atomic mass is 16.5. The van der Waals surface area contributed by atoms with Gasteiger partial charge in [-0.2, -0.15) is 0 Å². The molecular formula is C18H20N4O5. The van der Waals surface area contributed by atoms with Crippen molar-refractivity contribution in [3.05, 3.63) is 29.3 Å². The minimum Gasteiger partial charge on any atom is -0.453 e. The van der Waals surface area contributed by atoms with Crippen molar-refractivity contribution < 1.29 is 23.9 Å². The van der Waals surface area contributed by atoms with E-state index < -0.39 is 6.09 Å². The molecule has 0 bridgehead atoms. The van der Waals surface area contributed by atoms with Crippen molar-refractivity contribution in [3.8, 4) is 0 Å². The van der Waals surface area contributed by atoms with Crippen LogP contribution in [-0.4, -0.2) is 78.0 Å². The van der Waals surface area contributed by atoms with E-state index in [4.69, 9.17) is 0 Å². The molecule has 1 N–H and O–H groups in total. The summed E-state index contributed by atoms with van der Waals surface area (Å²) < 4.78 is 4.68. The molecule has 0 atom stereocenters. The van der Waals surface area contributed by atoms with Crippen LogP contribution in [0.1, 0.15) is 33.6 Å². The molecule has 0 spiro atoms. The molecule has 0 radical (unpaired) electrons. The highest BCUT2D eigenvalue weighted by molar-refractivity contribution is 6.22. The Morgan fingerprint density at radius 3 is 2.26 bits per heavy atom. The zero-order valence-electron chi connectivity index (χ0n) is 14.9. The summed E-state index contributed by atoms with van der Waals surface area (Å²) >= 11 is 0. The number of urea groups is 1. The Morgan fingerprint density at radius 1 is 1.00 bits per heavy atom. The summed E-state index contributed by atoms with van der Waals surface area (Å²) in [6.45, 7) is 1.57. The molecule has 2 fully saturated rings. The molecule has 0 unspecified atom stereocenters. The van der Waals surface area contributed by atoms with Crippen molar-refractivity contribution in [3.63, 3.8) is 0 Å². The molecule has 27 heavy (non-hydrogen) atoms. The number of benzene rings is 1. The van der Waals surface area contributed by atoms with Crippen LogP contribution in [0.2, 0.25) is 0 Å². The van der Waals surface area contributed by atoms with E-state index in [0.29, 0.717) is 43.0 Å². The first-order chi connectivity index (χ1) is 13.0. The predicted molar refractivity (Wildman–Crippen MR) is 94.5 cm³/mol. The van der Waals surface area contributed by atoms with Crippen LogP contribution in [0.25, 0.3) is 0 Å². The van der Waals surface area contributed by atoms with Gasteiger partial charge in [0, 0.05) is 37.9 Å². The van der Waals surface area contributed by atoms with Gasteiger partial charge in [0.25, 0.3) is 11.8 Å². The summed E-state index contributed by atoms with van der Waals surface area (Å²) in [4.78, 5) is 53.2. The maximum atomic E-state index is 12.5. The number of carbonyl (C=O) groups is 4. The number of imide groups is 1. The molecule has 1 aromatic carbocycles. The lowest BCUT2D eigenvalue weighted by atomic mass is 10.1. The van der Waals surface area contributed by atoms with Gasteiger partial charge in [0.1, 0.15) is 0 Å². The Hall–Kier alpha value is -3.10. The van der Waals surface area contributed by atoms with Crippen LogP contribution in [0, 0.1) is 0 Å². The second kappa shape index (κ2) is 6.57. The fraction of sp³-hybridized carbons (Fsp3) is 0.444. The molecule has 5 amide bonds. The number of hydrogen-bond donors (Lipinski definition) is 1. The number of ether oxygens (including phenoxy) is 1. The fourth-order valence-electron chi connectivity index (χ4n) is 3.43. The smallest absolute Gasteiger partial charge is 0.409 e. The standard InChI is InChI=1S/C18H20N4O5/c1-27-18(26)21-8-6-20(7-9-21)17(25)19-11-2-5-13-14(10-11)16(24)22(15(13)23)12-3-4-12/h2,5,10,12H,3-4,6-9H2,1H3,(H,19,25). The maximum absolute atomic E-state index is 12.5. The van der Waals surface area contributed by atoms with Crippen molar-refractivity contribution in [1.82, 2.24) is 14.7 Å². The molecule has 142 valence electrons. The van der Waals surface area contributed by atoms with Gasteiger partial charge in [-0.05, 0) is 31.0 Å². The van der Waals surface area contributed by atoms with Crippen molar-refractivity contribution in [2.75, 3.05) is 38.6 Å². The highest BCUT2D eigenvalue weighted by Crippen LogP contribution is 2.35. The number of rotatable bonds is 2. The largest absolute Gasteiger partial charge is 0.453 e. The Balaban J connectivity index is 1.41. The first-order valence-corrected chi connectivity index (χ1v) is 8.90. The molecule has 1 saturated carbocycles. The predicted octanol–water partition coefficient (Wildman–Crippen LogP) is 1.36. The molecule has 2 heterocycles. The van der Waals surface area contributed by atoms with Gasteiger partial charge in [0.2, 0.25) is 0 Å². The van der Waals surface area contributed by atoms with Crippen molar-refractivity contribution in [2.45, 2.75) is 18.9 Å².